The van der Waals surface area contributed by atoms with E-state index in [-0.39, 0.29) is 135 Å². The van der Waals surface area contributed by atoms with Crippen molar-refractivity contribution in [3.05, 3.63) is 36.4 Å². The number of benzene rings is 2. The molecule has 4 saturated heterocycles. The third kappa shape index (κ3) is 12.8. The highest BCUT2D eigenvalue weighted by molar-refractivity contribution is 7.82. The molecule has 4 aliphatic rings. The second kappa shape index (κ2) is 21.1. The molecule has 8 rings (SSSR count). The highest BCUT2D eigenvalue weighted by Gasteiger charge is 2.49. The van der Waals surface area contributed by atoms with Gasteiger partial charge in [-0.25, -0.2) is 0 Å². The summed E-state index contributed by atoms with van der Waals surface area (Å²) in [5, 5.41) is 8.15. The lowest BCUT2D eigenvalue weighted by atomic mass is 9.79. The van der Waals surface area contributed by atoms with E-state index < -0.39 is 58.7 Å². The molecule has 0 saturated carbocycles. The molecule has 18 nitrogen and oxygen atoms in total. The Morgan fingerprint density at radius 2 is 0.986 bits per heavy atom. The largest absolute Gasteiger partial charge is 0.506 e. The van der Waals surface area contributed by atoms with Gasteiger partial charge in [-0.1, -0.05) is 12.1 Å². The molecule has 0 bridgehead atoms. The lowest BCUT2D eigenvalue weighted by Gasteiger charge is -2.41. The maximum absolute atomic E-state index is 13.9. The number of ether oxygens (including phenoxy) is 6. The molecule has 0 amide bonds. The van der Waals surface area contributed by atoms with E-state index in [1.54, 1.807) is 0 Å². The Hall–Kier alpha value is -5.11. The van der Waals surface area contributed by atoms with Crippen LogP contribution in [0.5, 0.6) is 23.3 Å². The highest BCUT2D eigenvalue weighted by Crippen LogP contribution is 2.40. The van der Waals surface area contributed by atoms with Gasteiger partial charge in [0.25, 0.3) is 11.8 Å². The van der Waals surface area contributed by atoms with Gasteiger partial charge in [0.2, 0.25) is 0 Å². The van der Waals surface area contributed by atoms with Gasteiger partial charge in [-0.3, -0.25) is 9.59 Å². The van der Waals surface area contributed by atoms with Crippen molar-refractivity contribution in [1.29, 1.82) is 0 Å². The summed E-state index contributed by atoms with van der Waals surface area (Å²) >= 11 is 0. The van der Waals surface area contributed by atoms with E-state index in [0.29, 0.717) is 51.9 Å². The Bertz CT molecular complexity index is 2330. The lowest BCUT2D eigenvalue weighted by Crippen LogP contribution is -2.51. The average molecular weight is 1010 g/mol. The van der Waals surface area contributed by atoms with Crippen LogP contribution in [-0.2, 0) is 37.8 Å². The fourth-order valence-corrected chi connectivity index (χ4v) is 10.0. The van der Waals surface area contributed by atoms with Crippen LogP contribution in [0.2, 0.25) is 0 Å². The monoisotopic (exact) mass is 1010 g/mol. The Morgan fingerprint density at radius 1 is 0.609 bits per heavy atom. The molecule has 4 aromatic rings. The topological polar surface area (TPSA) is 201 Å². The number of piperidine rings is 2. The van der Waals surface area contributed by atoms with Crippen LogP contribution in [0.1, 0.15) is 51.4 Å². The zero-order valence-corrected chi connectivity index (χ0v) is 38.2. The van der Waals surface area contributed by atoms with Crippen LogP contribution in [-0.4, -0.2) is 145 Å². The van der Waals surface area contributed by atoms with Gasteiger partial charge in [-0.15, -0.1) is 8.42 Å². The van der Waals surface area contributed by atoms with Crippen molar-refractivity contribution in [3.63, 3.8) is 0 Å². The molecule has 0 radical (unpaired) electrons. The summed E-state index contributed by atoms with van der Waals surface area (Å²) in [6.07, 6.45) is -6.04. The van der Waals surface area contributed by atoms with E-state index >= 15 is 0 Å². The van der Waals surface area contributed by atoms with Crippen molar-refractivity contribution in [1.82, 2.24) is 20.1 Å². The number of carbonyl (C=O) groups is 2. The first kappa shape index (κ1) is 50.3. The number of hydrogen-bond donors (Lipinski definition) is 0. The molecule has 4 fully saturated rings. The van der Waals surface area contributed by atoms with E-state index in [1.807, 2.05) is 9.80 Å². The van der Waals surface area contributed by atoms with E-state index in [0.717, 1.165) is 0 Å². The summed E-state index contributed by atoms with van der Waals surface area (Å²) in [5.41, 5.74) is -2.18. The summed E-state index contributed by atoms with van der Waals surface area (Å²) in [6.45, 7) is 0.346. The average Bonchev–Trinajstić information content (AvgIpc) is 3.94. The number of likely N-dealkylation sites (tertiary alicyclic amines) is 2. The van der Waals surface area contributed by atoms with E-state index in [2.05, 4.69) is 10.3 Å². The fourth-order valence-electron chi connectivity index (χ4n) is 9.25. The summed E-state index contributed by atoms with van der Waals surface area (Å²) in [4.78, 5) is 31.9. The first-order chi connectivity index (χ1) is 32.9. The van der Waals surface area contributed by atoms with Gasteiger partial charge >= 0.3 is 34.7 Å². The molecule has 0 unspecified atom stereocenters. The van der Waals surface area contributed by atoms with Crippen LogP contribution in [0.4, 0.5) is 26.3 Å². The van der Waals surface area contributed by atoms with E-state index in [9.17, 15) is 44.3 Å². The van der Waals surface area contributed by atoms with Crippen molar-refractivity contribution >= 4 is 44.3 Å². The molecule has 69 heavy (non-hydrogen) atoms. The molecule has 380 valence electrons. The first-order valence-corrected chi connectivity index (χ1v) is 24.0. The summed E-state index contributed by atoms with van der Waals surface area (Å²) < 4.78 is 158. The normalized spacial score (nSPS) is 20.1. The molecule has 25 heteroatoms. The minimum atomic E-state index is -5.18. The molecule has 4 aliphatic heterocycles. The van der Waals surface area contributed by atoms with Gasteiger partial charge in [-0.2, -0.15) is 26.3 Å². The summed E-state index contributed by atoms with van der Waals surface area (Å²) in [5.74, 6) is -2.25. The van der Waals surface area contributed by atoms with Gasteiger partial charge in [0, 0.05) is 39.5 Å². The molecule has 0 aliphatic carbocycles. The van der Waals surface area contributed by atoms with Crippen molar-refractivity contribution < 1.29 is 90.2 Å². The number of halogens is 6. The third-order valence-corrected chi connectivity index (χ3v) is 13.9. The number of fused-ring (bicyclic) bond motifs is 2. The molecule has 0 spiro atoms. The quantitative estimate of drug-likeness (QED) is 0.0958. The van der Waals surface area contributed by atoms with E-state index in [1.165, 1.54) is 36.4 Å². The zero-order chi connectivity index (χ0) is 48.9. The molecule has 2 aromatic heterocycles. The van der Waals surface area contributed by atoms with Gasteiger partial charge in [0.05, 0.1) is 24.0 Å². The lowest BCUT2D eigenvalue weighted by molar-refractivity contribution is -0.158. The van der Waals surface area contributed by atoms with Gasteiger partial charge in [0.1, 0.15) is 22.3 Å². The Morgan fingerprint density at radius 3 is 1.35 bits per heavy atom. The molecular weight excluding hydrogens is 955 g/mol. The third-order valence-electron chi connectivity index (χ3n) is 13.1. The van der Waals surface area contributed by atoms with Gasteiger partial charge in [0.15, 0.2) is 24.4 Å². The van der Waals surface area contributed by atoms with E-state index in [4.69, 9.17) is 45.8 Å². The second-order valence-electron chi connectivity index (χ2n) is 18.0. The van der Waals surface area contributed by atoms with Crippen LogP contribution < -0.4 is 18.9 Å². The van der Waals surface area contributed by atoms with Gasteiger partial charge < -0.3 is 55.6 Å². The Labute approximate surface area is 391 Å². The highest BCUT2D eigenvalue weighted by atomic mass is 32.3. The number of alkyl halides is 6. The Balaban J connectivity index is 0.823. The van der Waals surface area contributed by atoms with Crippen molar-refractivity contribution in [2.45, 2.75) is 63.7 Å². The second-order valence-corrected chi connectivity index (χ2v) is 19.2. The first-order valence-electron chi connectivity index (χ1n) is 22.6. The predicted molar refractivity (Wildman–Crippen MR) is 227 cm³/mol. The van der Waals surface area contributed by atoms with Crippen molar-refractivity contribution in [2.75, 3.05) is 92.1 Å². The number of aromatic nitrogens is 2. The molecule has 0 atom stereocenters. The number of nitrogens with zero attached hydrogens (tertiary/aromatic N) is 4. The zero-order valence-electron chi connectivity index (χ0n) is 37.4. The molecule has 6 heterocycles. The SMILES string of the molecule is O=C(OS(=O)(=O)OC(=O)C1(CN2CCC(COc3noc4cccc(OCC(F)(F)F)c34)CC2)CCOCC1)C1(CN2CCC(COc3noc4cccc(OCC(F)(F)F)c34)CC2)CCOCC1. The maximum Gasteiger partial charge on any atom is 0.506 e. The predicted octanol–water partition coefficient (Wildman–Crippen LogP) is 6.66. The summed E-state index contributed by atoms with van der Waals surface area (Å²) in [7, 11) is -5.18. The Kier molecular flexibility index (Phi) is 15.4. The van der Waals surface area contributed by atoms with Gasteiger partial charge in [-0.05, 0) is 124 Å². The molecule has 0 N–H and O–H groups in total. The smallest absolute Gasteiger partial charge is 0.483 e. The maximum atomic E-state index is 13.9. The fraction of sp³-hybridized carbons (Fsp3) is 0.636. The minimum absolute atomic E-state index is 0.00304. The van der Waals surface area contributed by atoms with Crippen LogP contribution in [0.15, 0.2) is 45.4 Å². The van der Waals surface area contributed by atoms with Crippen LogP contribution in [0.3, 0.4) is 0 Å². The van der Waals surface area contributed by atoms with Crippen LogP contribution in [0, 0.1) is 22.7 Å². The van der Waals surface area contributed by atoms with Crippen molar-refractivity contribution in [2.24, 2.45) is 22.7 Å². The molecule has 2 aromatic carbocycles. The van der Waals surface area contributed by atoms with Crippen LogP contribution in [0.25, 0.3) is 21.9 Å². The van der Waals surface area contributed by atoms with Crippen LogP contribution >= 0.6 is 0 Å². The summed E-state index contributed by atoms with van der Waals surface area (Å²) in [6, 6.07) is 8.77. The molecular formula is C44H52F6N4O14S. The standard InChI is InChI=1S/C44H52F6N4O14S/c45-43(46,47)27-63-31-3-1-5-33-35(31)37(51-65-33)61-23-29-7-15-53(16-8-29)25-41(11-19-59-20-12-41)39(55)67-69(57,58)68-40(56)42(13-21-60-22-14-42)26-54-17-9-30(10-18-54)24-62-38-36-32(64-28-44(48,49)50)4-2-6-34(36)66-52-38/h1-6,29-30H,7-28H2. The number of carbonyl (C=O) groups excluding carboxylic acids is 2. The number of hydrogen-bond acceptors (Lipinski definition) is 18. The number of rotatable bonds is 18. The minimum Gasteiger partial charge on any atom is -0.483 e. The van der Waals surface area contributed by atoms with Crippen molar-refractivity contribution in [3.8, 4) is 23.3 Å².